The Kier molecular flexibility index (Phi) is 5.43. The summed E-state index contributed by atoms with van der Waals surface area (Å²) in [6, 6.07) is 18.4. The summed E-state index contributed by atoms with van der Waals surface area (Å²) >= 11 is 0. The highest BCUT2D eigenvalue weighted by Gasteiger charge is 2.31. The zero-order chi connectivity index (χ0) is 21.3. The van der Waals surface area contributed by atoms with Crippen LogP contribution < -0.4 is 18.9 Å². The van der Waals surface area contributed by atoms with Gasteiger partial charge in [0.15, 0.2) is 11.5 Å². The first-order valence-corrected chi connectivity index (χ1v) is 11.8. The average Bonchev–Trinajstić information content (AvgIpc) is 2.77. The van der Waals surface area contributed by atoms with E-state index in [0.29, 0.717) is 61.6 Å². The van der Waals surface area contributed by atoms with E-state index in [2.05, 4.69) is 9.62 Å². The molecule has 0 atom stereocenters. The van der Waals surface area contributed by atoms with Crippen molar-refractivity contribution in [1.29, 1.82) is 0 Å². The fourth-order valence-electron chi connectivity index (χ4n) is 3.89. The Morgan fingerprint density at radius 2 is 1.77 bits per heavy atom. The van der Waals surface area contributed by atoms with Gasteiger partial charge in [-0.05, 0) is 35.0 Å². The van der Waals surface area contributed by atoms with Gasteiger partial charge < -0.3 is 14.2 Å². The third-order valence-corrected chi connectivity index (χ3v) is 7.02. The molecule has 0 aromatic heterocycles. The molecule has 2 heterocycles. The number of rotatable bonds is 7. The number of sulfonamides is 1. The highest BCUT2D eigenvalue weighted by atomic mass is 32.2. The fourth-order valence-corrected chi connectivity index (χ4v) is 5.15. The molecule has 0 aliphatic carbocycles. The van der Waals surface area contributed by atoms with Crippen molar-refractivity contribution >= 4 is 20.8 Å². The first-order chi connectivity index (χ1) is 15.1. The Hall–Kier alpha value is -2.81. The van der Waals surface area contributed by atoms with Crippen LogP contribution in [-0.2, 0) is 10.0 Å². The minimum Gasteiger partial charge on any atom is -0.488 e. The Morgan fingerprint density at radius 1 is 0.968 bits per heavy atom. The van der Waals surface area contributed by atoms with Gasteiger partial charge in [-0.2, -0.15) is 0 Å². The molecule has 0 unspecified atom stereocenters. The van der Waals surface area contributed by atoms with Gasteiger partial charge in [0.2, 0.25) is 15.8 Å². The maximum absolute atomic E-state index is 12.7. The summed E-state index contributed by atoms with van der Waals surface area (Å²) in [5.41, 5.74) is 0. The minimum absolute atomic E-state index is 0.0994. The lowest BCUT2D eigenvalue weighted by molar-refractivity contribution is 0.112. The van der Waals surface area contributed by atoms with E-state index in [9.17, 15) is 8.42 Å². The lowest BCUT2D eigenvalue weighted by Gasteiger charge is -2.39. The van der Waals surface area contributed by atoms with Crippen LogP contribution in [0.25, 0.3) is 10.8 Å². The Balaban J connectivity index is 1.12. The average molecular weight is 441 g/mol. The van der Waals surface area contributed by atoms with Crippen molar-refractivity contribution in [3.8, 4) is 17.2 Å². The van der Waals surface area contributed by atoms with Crippen LogP contribution in [0.2, 0.25) is 0 Å². The van der Waals surface area contributed by atoms with Gasteiger partial charge in [-0.15, -0.1) is 0 Å². The Labute approximate surface area is 181 Å². The lowest BCUT2D eigenvalue weighted by atomic mass is 10.1. The van der Waals surface area contributed by atoms with Crippen LogP contribution in [-0.4, -0.2) is 58.8 Å². The summed E-state index contributed by atoms with van der Waals surface area (Å²) in [5, 5.41) is 1.93. The van der Waals surface area contributed by atoms with Crippen LogP contribution in [0.3, 0.4) is 0 Å². The second-order valence-corrected chi connectivity index (χ2v) is 9.43. The normalized spacial score (nSPS) is 16.8. The van der Waals surface area contributed by atoms with Crippen molar-refractivity contribution in [2.75, 3.05) is 39.5 Å². The second-order valence-electron chi connectivity index (χ2n) is 7.72. The lowest BCUT2D eigenvalue weighted by Crippen LogP contribution is -2.59. The van der Waals surface area contributed by atoms with Gasteiger partial charge in [-0.3, -0.25) is 4.90 Å². The summed E-state index contributed by atoms with van der Waals surface area (Å²) in [6.45, 7) is 3.56. The molecule has 1 N–H and O–H groups in total. The number of para-hydroxylation sites is 1. The number of hydrogen-bond donors (Lipinski definition) is 1. The van der Waals surface area contributed by atoms with Gasteiger partial charge >= 0.3 is 0 Å². The van der Waals surface area contributed by atoms with Gasteiger partial charge in [0.25, 0.3) is 0 Å². The molecule has 3 aromatic rings. The van der Waals surface area contributed by atoms with Gasteiger partial charge in [-0.25, -0.2) is 13.1 Å². The molecule has 0 radical (unpaired) electrons. The number of likely N-dealkylation sites (tertiary alicyclic amines) is 1. The van der Waals surface area contributed by atoms with Crippen molar-refractivity contribution in [2.45, 2.75) is 10.9 Å². The molecule has 31 heavy (non-hydrogen) atoms. The number of fused-ring (bicyclic) bond motifs is 2. The van der Waals surface area contributed by atoms with E-state index in [1.807, 2.05) is 48.5 Å². The smallest absolute Gasteiger partial charge is 0.240 e. The van der Waals surface area contributed by atoms with Gasteiger partial charge in [0, 0.05) is 25.7 Å². The molecular weight excluding hydrogens is 416 g/mol. The van der Waals surface area contributed by atoms with Crippen molar-refractivity contribution in [2.24, 2.45) is 0 Å². The highest BCUT2D eigenvalue weighted by molar-refractivity contribution is 7.89. The maximum Gasteiger partial charge on any atom is 0.240 e. The molecule has 0 saturated carbocycles. The molecule has 7 nitrogen and oxygen atoms in total. The minimum atomic E-state index is -3.55. The SMILES string of the molecule is O=S(=O)(NC1CN(CCOc2cccc3c2OCCO3)C1)c1ccc2ccccc2c1. The van der Waals surface area contributed by atoms with Crippen LogP contribution in [0.5, 0.6) is 17.2 Å². The fraction of sp³-hybridized carbons (Fsp3) is 0.304. The molecule has 0 spiro atoms. The first kappa shape index (κ1) is 20.1. The molecule has 0 amide bonds. The number of nitrogens with zero attached hydrogens (tertiary/aromatic N) is 1. The number of hydrogen-bond acceptors (Lipinski definition) is 6. The third-order valence-electron chi connectivity index (χ3n) is 5.51. The summed E-state index contributed by atoms with van der Waals surface area (Å²) in [5.74, 6) is 2.03. The summed E-state index contributed by atoms with van der Waals surface area (Å²) < 4.78 is 45.4. The third kappa shape index (κ3) is 4.32. The van der Waals surface area contributed by atoms with Gasteiger partial charge in [0.1, 0.15) is 19.8 Å². The largest absolute Gasteiger partial charge is 0.488 e. The van der Waals surface area contributed by atoms with E-state index in [4.69, 9.17) is 14.2 Å². The topological polar surface area (TPSA) is 77.1 Å². The summed E-state index contributed by atoms with van der Waals surface area (Å²) in [6.07, 6.45) is 0. The quantitative estimate of drug-likeness (QED) is 0.609. The Morgan fingerprint density at radius 3 is 2.65 bits per heavy atom. The standard InChI is InChI=1S/C23H24N2O5S/c26-31(27,20-9-8-17-4-1-2-5-18(17)14-20)24-19-15-25(16-19)10-11-28-21-6-3-7-22-23(21)30-13-12-29-22/h1-9,14,19,24H,10-13,15-16H2. The molecule has 3 aromatic carbocycles. The molecule has 2 aliphatic heterocycles. The molecule has 2 aliphatic rings. The molecular formula is C23H24N2O5S. The molecule has 1 saturated heterocycles. The van der Waals surface area contributed by atoms with E-state index in [0.717, 1.165) is 10.8 Å². The second kappa shape index (κ2) is 8.37. The van der Waals surface area contributed by atoms with Gasteiger partial charge in [0.05, 0.1) is 4.90 Å². The van der Waals surface area contributed by atoms with E-state index >= 15 is 0 Å². The van der Waals surface area contributed by atoms with E-state index in [1.165, 1.54) is 0 Å². The maximum atomic E-state index is 12.7. The van der Waals surface area contributed by atoms with Crippen LogP contribution in [0.4, 0.5) is 0 Å². The zero-order valence-corrected chi connectivity index (χ0v) is 17.8. The van der Waals surface area contributed by atoms with Gasteiger partial charge in [-0.1, -0.05) is 36.4 Å². The first-order valence-electron chi connectivity index (χ1n) is 10.3. The number of benzene rings is 3. The van der Waals surface area contributed by atoms with E-state index in [1.54, 1.807) is 12.1 Å². The predicted octanol–water partition coefficient (Wildman–Crippen LogP) is 2.65. The Bertz CT molecular complexity index is 1190. The molecule has 8 heteroatoms. The van der Waals surface area contributed by atoms with Crippen LogP contribution in [0.1, 0.15) is 0 Å². The number of nitrogens with one attached hydrogen (secondary N) is 1. The van der Waals surface area contributed by atoms with Crippen LogP contribution >= 0.6 is 0 Å². The molecule has 0 bridgehead atoms. The zero-order valence-electron chi connectivity index (χ0n) is 17.0. The van der Waals surface area contributed by atoms with E-state index in [-0.39, 0.29) is 6.04 Å². The monoisotopic (exact) mass is 440 g/mol. The van der Waals surface area contributed by atoms with Crippen LogP contribution in [0.15, 0.2) is 65.6 Å². The molecule has 1 fully saturated rings. The van der Waals surface area contributed by atoms with Crippen LogP contribution in [0, 0.1) is 0 Å². The molecule has 162 valence electrons. The number of ether oxygens (including phenoxy) is 3. The summed E-state index contributed by atoms with van der Waals surface area (Å²) in [4.78, 5) is 2.45. The van der Waals surface area contributed by atoms with Crippen molar-refractivity contribution < 1.29 is 22.6 Å². The van der Waals surface area contributed by atoms with Crippen molar-refractivity contribution in [1.82, 2.24) is 9.62 Å². The highest BCUT2D eigenvalue weighted by Crippen LogP contribution is 2.38. The van der Waals surface area contributed by atoms with Crippen molar-refractivity contribution in [3.63, 3.8) is 0 Å². The predicted molar refractivity (Wildman–Crippen MR) is 117 cm³/mol. The van der Waals surface area contributed by atoms with Crippen molar-refractivity contribution in [3.05, 3.63) is 60.7 Å². The van der Waals surface area contributed by atoms with E-state index < -0.39 is 10.0 Å². The summed E-state index contributed by atoms with van der Waals surface area (Å²) in [7, 11) is -3.55. The molecule has 5 rings (SSSR count).